The Morgan fingerprint density at radius 1 is 1.47 bits per heavy atom. The van der Waals surface area contributed by atoms with Crippen LogP contribution in [-0.4, -0.2) is 9.78 Å². The number of rotatable bonds is 4. The fraction of sp³-hybridized carbons (Fsp3) is 0.250. The summed E-state index contributed by atoms with van der Waals surface area (Å²) >= 11 is 9.28. The predicted octanol–water partition coefficient (Wildman–Crippen LogP) is 3.50. The van der Waals surface area contributed by atoms with Crippen LogP contribution >= 0.6 is 27.5 Å². The molecular weight excluding hydrogens is 304 g/mol. The first-order chi connectivity index (χ1) is 8.19. The molecule has 0 radical (unpaired) electrons. The van der Waals surface area contributed by atoms with Crippen LogP contribution in [0.5, 0.6) is 5.75 Å². The van der Waals surface area contributed by atoms with Crippen molar-refractivity contribution in [3.63, 3.8) is 0 Å². The molecule has 5 heteroatoms. The lowest BCUT2D eigenvalue weighted by atomic mass is 10.2. The molecule has 0 atom stereocenters. The van der Waals surface area contributed by atoms with Gasteiger partial charge in [0.1, 0.15) is 12.4 Å². The third-order valence-electron chi connectivity index (χ3n) is 2.32. The summed E-state index contributed by atoms with van der Waals surface area (Å²) in [5.41, 5.74) is 2.01. The van der Waals surface area contributed by atoms with E-state index in [-0.39, 0.29) is 0 Å². The van der Waals surface area contributed by atoms with Crippen molar-refractivity contribution in [3.05, 3.63) is 46.2 Å². The van der Waals surface area contributed by atoms with Crippen molar-refractivity contribution in [3.8, 4) is 5.75 Å². The summed E-state index contributed by atoms with van der Waals surface area (Å²) in [6.07, 6.45) is 3.72. The fourth-order valence-electron chi connectivity index (χ4n) is 1.50. The van der Waals surface area contributed by atoms with Crippen LogP contribution in [0.1, 0.15) is 11.1 Å². The molecule has 0 aliphatic rings. The van der Waals surface area contributed by atoms with Gasteiger partial charge < -0.3 is 4.74 Å². The summed E-state index contributed by atoms with van der Waals surface area (Å²) in [6.45, 7) is 0.499. The molecule has 90 valence electrons. The zero-order valence-electron chi connectivity index (χ0n) is 9.36. The van der Waals surface area contributed by atoms with Crippen molar-refractivity contribution < 1.29 is 4.74 Å². The van der Waals surface area contributed by atoms with E-state index in [4.69, 9.17) is 16.3 Å². The zero-order valence-corrected chi connectivity index (χ0v) is 11.7. The molecule has 0 unspecified atom stereocenters. The van der Waals surface area contributed by atoms with Crippen LogP contribution < -0.4 is 4.74 Å². The van der Waals surface area contributed by atoms with Crippen LogP contribution in [0.3, 0.4) is 0 Å². The first-order valence-electron chi connectivity index (χ1n) is 5.14. The van der Waals surface area contributed by atoms with Crippen LogP contribution in [0.15, 0.2) is 35.1 Å². The van der Waals surface area contributed by atoms with E-state index in [1.54, 1.807) is 10.9 Å². The van der Waals surface area contributed by atoms with Gasteiger partial charge in [-0.1, -0.05) is 15.9 Å². The second-order valence-electron chi connectivity index (χ2n) is 3.70. The van der Waals surface area contributed by atoms with Gasteiger partial charge >= 0.3 is 0 Å². The van der Waals surface area contributed by atoms with E-state index in [0.717, 1.165) is 21.3 Å². The van der Waals surface area contributed by atoms with Crippen molar-refractivity contribution in [2.24, 2.45) is 7.05 Å². The quantitative estimate of drug-likeness (QED) is 0.808. The number of aryl methyl sites for hydroxylation is 1. The van der Waals surface area contributed by atoms with Crippen LogP contribution in [0.2, 0.25) is 0 Å². The van der Waals surface area contributed by atoms with Gasteiger partial charge in [-0.2, -0.15) is 5.10 Å². The minimum atomic E-state index is 0.432. The van der Waals surface area contributed by atoms with Gasteiger partial charge in [-0.3, -0.25) is 4.68 Å². The maximum absolute atomic E-state index is 5.87. The number of halogens is 2. The van der Waals surface area contributed by atoms with Gasteiger partial charge in [0.15, 0.2) is 0 Å². The largest absolute Gasteiger partial charge is 0.488 e. The normalized spacial score (nSPS) is 10.5. The van der Waals surface area contributed by atoms with Crippen LogP contribution in [0.4, 0.5) is 0 Å². The fourth-order valence-corrected chi connectivity index (χ4v) is 2.12. The first-order valence-corrected chi connectivity index (χ1v) is 6.46. The summed E-state index contributed by atoms with van der Waals surface area (Å²) < 4.78 is 8.48. The van der Waals surface area contributed by atoms with E-state index < -0.39 is 0 Å². The minimum absolute atomic E-state index is 0.432. The Morgan fingerprint density at radius 3 is 2.94 bits per heavy atom. The molecule has 0 bridgehead atoms. The molecule has 0 aliphatic carbocycles. The van der Waals surface area contributed by atoms with Crippen molar-refractivity contribution in [1.82, 2.24) is 9.78 Å². The summed E-state index contributed by atoms with van der Waals surface area (Å²) in [5, 5.41) is 4.09. The van der Waals surface area contributed by atoms with Crippen molar-refractivity contribution in [2.75, 3.05) is 0 Å². The Bertz CT molecular complexity index is 513. The van der Waals surface area contributed by atoms with Gasteiger partial charge in [0.05, 0.1) is 12.1 Å². The van der Waals surface area contributed by atoms with Crippen LogP contribution in [0.25, 0.3) is 0 Å². The van der Waals surface area contributed by atoms with Crippen LogP contribution in [-0.2, 0) is 19.5 Å². The zero-order chi connectivity index (χ0) is 12.3. The van der Waals surface area contributed by atoms with E-state index in [1.807, 2.05) is 31.4 Å². The monoisotopic (exact) mass is 314 g/mol. The molecule has 3 nitrogen and oxygen atoms in total. The number of benzene rings is 1. The highest BCUT2D eigenvalue weighted by atomic mass is 79.9. The molecule has 0 N–H and O–H groups in total. The lowest BCUT2D eigenvalue weighted by Crippen LogP contribution is -1.97. The Morgan fingerprint density at radius 2 is 2.29 bits per heavy atom. The number of hydrogen-bond donors (Lipinski definition) is 0. The number of ether oxygens (including phenoxy) is 1. The summed E-state index contributed by atoms with van der Waals surface area (Å²) in [4.78, 5) is 0. The Kier molecular flexibility index (Phi) is 4.07. The van der Waals surface area contributed by atoms with Crippen molar-refractivity contribution >= 4 is 27.5 Å². The molecule has 1 aromatic carbocycles. The molecule has 2 aromatic rings. The van der Waals surface area contributed by atoms with Gasteiger partial charge in [0.2, 0.25) is 0 Å². The average molecular weight is 316 g/mol. The number of alkyl halides is 1. The lowest BCUT2D eigenvalue weighted by molar-refractivity contribution is 0.303. The molecule has 0 amide bonds. The third-order valence-corrected chi connectivity index (χ3v) is 3.10. The van der Waals surface area contributed by atoms with E-state index in [0.29, 0.717) is 12.5 Å². The SMILES string of the molecule is Cn1cc(COc2ccc(Br)cc2CCl)cn1. The molecule has 2 rings (SSSR count). The molecule has 0 spiro atoms. The predicted molar refractivity (Wildman–Crippen MR) is 71.2 cm³/mol. The standard InChI is InChI=1S/C12H12BrClN2O/c1-16-7-9(6-15-16)8-17-12-3-2-11(13)4-10(12)5-14/h2-4,6-7H,5,8H2,1H3. The van der Waals surface area contributed by atoms with Crippen molar-refractivity contribution in [2.45, 2.75) is 12.5 Å². The highest BCUT2D eigenvalue weighted by molar-refractivity contribution is 9.10. The number of hydrogen-bond acceptors (Lipinski definition) is 2. The molecule has 17 heavy (non-hydrogen) atoms. The minimum Gasteiger partial charge on any atom is -0.488 e. The van der Waals surface area contributed by atoms with Gasteiger partial charge in [0.25, 0.3) is 0 Å². The van der Waals surface area contributed by atoms with Gasteiger partial charge in [-0.05, 0) is 18.2 Å². The Hall–Kier alpha value is -1.00. The molecule has 0 saturated heterocycles. The molecule has 0 saturated carbocycles. The van der Waals surface area contributed by atoms with Gasteiger partial charge in [0, 0.05) is 28.8 Å². The second kappa shape index (κ2) is 5.56. The first kappa shape index (κ1) is 12.5. The lowest BCUT2D eigenvalue weighted by Gasteiger charge is -2.09. The van der Waals surface area contributed by atoms with E-state index >= 15 is 0 Å². The smallest absolute Gasteiger partial charge is 0.124 e. The molecule has 0 aliphatic heterocycles. The van der Waals surface area contributed by atoms with E-state index in [1.165, 1.54) is 0 Å². The van der Waals surface area contributed by atoms with E-state index in [2.05, 4.69) is 21.0 Å². The highest BCUT2D eigenvalue weighted by Gasteiger charge is 2.04. The number of aromatic nitrogens is 2. The Labute approximate surface area is 113 Å². The molecule has 0 fully saturated rings. The Balaban J connectivity index is 2.08. The third kappa shape index (κ3) is 3.23. The van der Waals surface area contributed by atoms with Gasteiger partial charge in [-0.25, -0.2) is 0 Å². The maximum atomic E-state index is 5.87. The summed E-state index contributed by atoms with van der Waals surface area (Å²) in [6, 6.07) is 5.82. The van der Waals surface area contributed by atoms with Gasteiger partial charge in [-0.15, -0.1) is 11.6 Å². The van der Waals surface area contributed by atoms with E-state index in [9.17, 15) is 0 Å². The van der Waals surface area contributed by atoms with Crippen LogP contribution in [0, 0.1) is 0 Å². The second-order valence-corrected chi connectivity index (χ2v) is 4.88. The molecular formula is C12H12BrClN2O. The molecule has 1 aromatic heterocycles. The summed E-state index contributed by atoms with van der Waals surface area (Å²) in [7, 11) is 1.88. The maximum Gasteiger partial charge on any atom is 0.124 e. The summed E-state index contributed by atoms with van der Waals surface area (Å²) in [5.74, 6) is 1.24. The number of nitrogens with zero attached hydrogens (tertiary/aromatic N) is 2. The molecule has 1 heterocycles. The highest BCUT2D eigenvalue weighted by Crippen LogP contribution is 2.25. The topological polar surface area (TPSA) is 27.1 Å². The van der Waals surface area contributed by atoms with Crippen molar-refractivity contribution in [1.29, 1.82) is 0 Å². The average Bonchev–Trinajstić information content (AvgIpc) is 2.73.